The second-order valence-corrected chi connectivity index (χ2v) is 7.19. The van der Waals surface area contributed by atoms with Crippen molar-refractivity contribution in [1.82, 2.24) is 9.55 Å². The van der Waals surface area contributed by atoms with Crippen molar-refractivity contribution in [2.75, 3.05) is 26.6 Å². The summed E-state index contributed by atoms with van der Waals surface area (Å²) in [5.41, 5.74) is 1.71. The summed E-state index contributed by atoms with van der Waals surface area (Å²) in [5.74, 6) is 1.26. The highest BCUT2D eigenvalue weighted by molar-refractivity contribution is 6.09. The molecule has 168 valence electrons. The molecule has 1 heterocycles. The quantitative estimate of drug-likeness (QED) is 0.483. The second-order valence-electron chi connectivity index (χ2n) is 7.19. The lowest BCUT2D eigenvalue weighted by atomic mass is 10.1. The SMILES string of the molecule is COc1cc(-n2c(C)nc3ccccc3c2=O)ccc1NC(=O)c1c(OC)cccc1OC. The molecule has 4 aromatic rings. The van der Waals surface area contributed by atoms with Crippen LogP contribution in [-0.2, 0) is 0 Å². The molecule has 0 unspecified atom stereocenters. The number of aromatic nitrogens is 2. The molecule has 0 saturated carbocycles. The van der Waals surface area contributed by atoms with Crippen molar-refractivity contribution in [1.29, 1.82) is 0 Å². The molecule has 4 rings (SSSR count). The van der Waals surface area contributed by atoms with Gasteiger partial charge in [0.15, 0.2) is 0 Å². The first-order valence-electron chi connectivity index (χ1n) is 10.2. The van der Waals surface area contributed by atoms with Crippen molar-refractivity contribution in [3.8, 4) is 22.9 Å². The first-order chi connectivity index (χ1) is 16.0. The van der Waals surface area contributed by atoms with Crippen molar-refractivity contribution >= 4 is 22.5 Å². The van der Waals surface area contributed by atoms with Crippen LogP contribution in [0.25, 0.3) is 16.6 Å². The van der Waals surface area contributed by atoms with E-state index in [4.69, 9.17) is 14.2 Å². The number of ether oxygens (including phenoxy) is 3. The largest absolute Gasteiger partial charge is 0.496 e. The summed E-state index contributed by atoms with van der Waals surface area (Å²) in [6.07, 6.45) is 0. The molecular formula is C25H23N3O5. The van der Waals surface area contributed by atoms with Crippen molar-refractivity contribution in [2.24, 2.45) is 0 Å². The van der Waals surface area contributed by atoms with Crippen LogP contribution in [0.15, 0.2) is 65.5 Å². The number of para-hydroxylation sites is 1. The lowest BCUT2D eigenvalue weighted by molar-refractivity contribution is 0.102. The topological polar surface area (TPSA) is 91.7 Å². The molecule has 0 spiro atoms. The highest BCUT2D eigenvalue weighted by atomic mass is 16.5. The number of fused-ring (bicyclic) bond motifs is 1. The molecule has 33 heavy (non-hydrogen) atoms. The van der Waals surface area contributed by atoms with Gasteiger partial charge in [-0.05, 0) is 43.3 Å². The minimum atomic E-state index is -0.420. The molecule has 0 aliphatic heterocycles. The Bertz CT molecular complexity index is 1390. The standard InChI is InChI=1S/C25H23N3O5/c1-15-26-18-9-6-5-8-17(18)25(30)28(15)16-12-13-19(22(14-16)33-4)27-24(29)23-20(31-2)10-7-11-21(23)32-3/h5-14H,1-4H3,(H,27,29). The molecule has 3 aromatic carbocycles. The van der Waals surface area contributed by atoms with E-state index < -0.39 is 5.91 Å². The van der Waals surface area contributed by atoms with Gasteiger partial charge in [0.25, 0.3) is 11.5 Å². The number of amides is 1. The molecule has 0 fully saturated rings. The highest BCUT2D eigenvalue weighted by Gasteiger charge is 2.20. The number of hydrogen-bond donors (Lipinski definition) is 1. The fourth-order valence-electron chi connectivity index (χ4n) is 3.73. The average Bonchev–Trinajstić information content (AvgIpc) is 2.84. The van der Waals surface area contributed by atoms with Gasteiger partial charge in [-0.1, -0.05) is 18.2 Å². The Morgan fingerprint density at radius 2 is 1.55 bits per heavy atom. The van der Waals surface area contributed by atoms with E-state index in [1.165, 1.54) is 25.9 Å². The van der Waals surface area contributed by atoms with Crippen molar-refractivity contribution in [2.45, 2.75) is 6.92 Å². The van der Waals surface area contributed by atoms with Crippen LogP contribution in [0.4, 0.5) is 5.69 Å². The smallest absolute Gasteiger partial charge is 0.265 e. The first-order valence-corrected chi connectivity index (χ1v) is 10.2. The number of nitrogens with one attached hydrogen (secondary N) is 1. The van der Waals surface area contributed by atoms with E-state index in [2.05, 4.69) is 10.3 Å². The number of aryl methyl sites for hydroxylation is 1. The molecule has 0 aliphatic carbocycles. The van der Waals surface area contributed by atoms with Gasteiger partial charge in [-0.15, -0.1) is 0 Å². The zero-order chi connectivity index (χ0) is 23.5. The zero-order valence-corrected chi connectivity index (χ0v) is 18.7. The van der Waals surface area contributed by atoms with E-state index in [1.54, 1.807) is 61.5 Å². The fraction of sp³-hybridized carbons (Fsp3) is 0.160. The van der Waals surface area contributed by atoms with E-state index in [-0.39, 0.29) is 11.1 Å². The van der Waals surface area contributed by atoms with Gasteiger partial charge in [0.2, 0.25) is 0 Å². The average molecular weight is 445 g/mol. The van der Waals surface area contributed by atoms with E-state index in [0.29, 0.717) is 45.4 Å². The number of carbonyl (C=O) groups is 1. The summed E-state index contributed by atoms with van der Waals surface area (Å²) in [5, 5.41) is 3.35. The van der Waals surface area contributed by atoms with Gasteiger partial charge < -0.3 is 19.5 Å². The zero-order valence-electron chi connectivity index (χ0n) is 18.7. The van der Waals surface area contributed by atoms with Crippen LogP contribution in [0.1, 0.15) is 16.2 Å². The summed E-state index contributed by atoms with van der Waals surface area (Å²) >= 11 is 0. The number of nitrogens with zero attached hydrogens (tertiary/aromatic N) is 2. The van der Waals surface area contributed by atoms with Gasteiger partial charge in [-0.3, -0.25) is 14.2 Å². The van der Waals surface area contributed by atoms with Gasteiger partial charge >= 0.3 is 0 Å². The molecule has 0 bridgehead atoms. The monoisotopic (exact) mass is 445 g/mol. The third-order valence-electron chi connectivity index (χ3n) is 5.29. The molecule has 0 aliphatic rings. The van der Waals surface area contributed by atoms with Crippen molar-refractivity contribution in [3.63, 3.8) is 0 Å². The van der Waals surface area contributed by atoms with Crippen LogP contribution in [-0.4, -0.2) is 36.8 Å². The van der Waals surface area contributed by atoms with E-state index in [0.717, 1.165) is 0 Å². The Morgan fingerprint density at radius 3 is 2.21 bits per heavy atom. The normalized spacial score (nSPS) is 10.7. The van der Waals surface area contributed by atoms with Gasteiger partial charge in [0.1, 0.15) is 28.6 Å². The van der Waals surface area contributed by atoms with Crippen LogP contribution in [0.2, 0.25) is 0 Å². The van der Waals surface area contributed by atoms with Crippen LogP contribution in [0.3, 0.4) is 0 Å². The van der Waals surface area contributed by atoms with Gasteiger partial charge in [-0.2, -0.15) is 0 Å². The predicted molar refractivity (Wildman–Crippen MR) is 126 cm³/mol. The van der Waals surface area contributed by atoms with Crippen LogP contribution in [0, 0.1) is 6.92 Å². The van der Waals surface area contributed by atoms with E-state index >= 15 is 0 Å². The first kappa shape index (κ1) is 21.9. The van der Waals surface area contributed by atoms with Crippen LogP contribution in [0.5, 0.6) is 17.2 Å². The Morgan fingerprint density at radius 1 is 0.879 bits per heavy atom. The summed E-state index contributed by atoms with van der Waals surface area (Å²) < 4.78 is 17.7. The molecule has 0 atom stereocenters. The minimum absolute atomic E-state index is 0.185. The molecule has 1 amide bonds. The lowest BCUT2D eigenvalue weighted by Crippen LogP contribution is -2.22. The molecule has 1 N–H and O–H groups in total. The van der Waals surface area contributed by atoms with Crippen LogP contribution < -0.4 is 25.1 Å². The predicted octanol–water partition coefficient (Wildman–Crippen LogP) is 3.97. The van der Waals surface area contributed by atoms with Gasteiger partial charge in [0, 0.05) is 6.07 Å². The second kappa shape index (κ2) is 9.04. The van der Waals surface area contributed by atoms with Crippen molar-refractivity contribution < 1.29 is 19.0 Å². The summed E-state index contributed by atoms with van der Waals surface area (Å²) in [6, 6.07) is 17.4. The maximum Gasteiger partial charge on any atom is 0.265 e. The highest BCUT2D eigenvalue weighted by Crippen LogP contribution is 2.32. The third kappa shape index (κ3) is 3.98. The Balaban J connectivity index is 1.75. The number of carbonyl (C=O) groups excluding carboxylic acids is 1. The molecule has 1 aromatic heterocycles. The molecule has 0 radical (unpaired) electrons. The minimum Gasteiger partial charge on any atom is -0.496 e. The van der Waals surface area contributed by atoms with E-state index in [1.807, 2.05) is 6.07 Å². The van der Waals surface area contributed by atoms with Crippen molar-refractivity contribution in [3.05, 3.63) is 82.4 Å². The van der Waals surface area contributed by atoms with Gasteiger partial charge in [-0.25, -0.2) is 4.98 Å². The van der Waals surface area contributed by atoms with E-state index in [9.17, 15) is 9.59 Å². The number of methoxy groups -OCH3 is 3. The molecular weight excluding hydrogens is 422 g/mol. The number of rotatable bonds is 6. The fourth-order valence-corrected chi connectivity index (χ4v) is 3.73. The number of anilines is 1. The lowest BCUT2D eigenvalue weighted by Gasteiger charge is -2.16. The maximum atomic E-state index is 13.1. The summed E-state index contributed by atoms with van der Waals surface area (Å²) in [6.45, 7) is 1.77. The Labute approximate surface area is 190 Å². The third-order valence-corrected chi connectivity index (χ3v) is 5.29. The van der Waals surface area contributed by atoms with Gasteiger partial charge in [0.05, 0.1) is 43.6 Å². The molecule has 8 heteroatoms. The Hall–Kier alpha value is -4.33. The molecule has 8 nitrogen and oxygen atoms in total. The summed E-state index contributed by atoms with van der Waals surface area (Å²) in [7, 11) is 4.46. The summed E-state index contributed by atoms with van der Waals surface area (Å²) in [4.78, 5) is 30.7. The Kier molecular flexibility index (Phi) is 5.99. The molecule has 0 saturated heterocycles. The maximum absolute atomic E-state index is 13.1. The number of hydrogen-bond acceptors (Lipinski definition) is 6. The number of benzene rings is 3. The van der Waals surface area contributed by atoms with Crippen LogP contribution >= 0.6 is 0 Å².